The van der Waals surface area contributed by atoms with E-state index in [1.165, 1.54) is 0 Å². The van der Waals surface area contributed by atoms with E-state index in [4.69, 9.17) is 22.4 Å². The van der Waals surface area contributed by atoms with E-state index in [0.717, 1.165) is 0 Å². The summed E-state index contributed by atoms with van der Waals surface area (Å²) in [5.74, 6) is 0. The van der Waals surface area contributed by atoms with Gasteiger partial charge in [-0.05, 0) is 78.6 Å². The quantitative estimate of drug-likeness (QED) is 0.484. The maximum absolute atomic E-state index is 10.7. The van der Waals surface area contributed by atoms with Crippen LogP contribution >= 0.6 is 0 Å². The number of rotatable bonds is 10. The van der Waals surface area contributed by atoms with Crippen LogP contribution < -0.4 is 0 Å². The summed E-state index contributed by atoms with van der Waals surface area (Å²) >= 11 is 0. The van der Waals surface area contributed by atoms with Gasteiger partial charge in [0.2, 0.25) is 0 Å². The topological polar surface area (TPSA) is 66.4 Å². The molecule has 0 aromatic heterocycles. The molecule has 0 spiro atoms. The van der Waals surface area contributed by atoms with Crippen molar-refractivity contribution in [2.24, 2.45) is 0 Å². The van der Waals surface area contributed by atoms with Gasteiger partial charge in [-0.2, -0.15) is 0 Å². The van der Waals surface area contributed by atoms with Crippen LogP contribution in [0.1, 0.15) is 0 Å². The van der Waals surface area contributed by atoms with Crippen LogP contribution in [-0.2, 0) is 22.4 Å². The Morgan fingerprint density at radius 1 is 0.714 bits per heavy atom. The minimum atomic E-state index is -1.91. The molecule has 0 bridgehead atoms. The largest absolute Gasteiger partial charge is 0.415 e. The molecule has 10 heteroatoms. The zero-order valence-corrected chi connectivity index (χ0v) is 24.1. The third-order valence-electron chi connectivity index (χ3n) is 3.76. The van der Waals surface area contributed by atoms with E-state index < -0.39 is 51.8 Å². The average molecular weight is 469 g/mol. The van der Waals surface area contributed by atoms with Crippen molar-refractivity contribution >= 4 is 33.3 Å². The van der Waals surface area contributed by atoms with Gasteiger partial charge < -0.3 is 27.5 Å². The number of aliphatic hydroxyl groups is 1. The molecule has 1 fully saturated rings. The van der Waals surface area contributed by atoms with Crippen molar-refractivity contribution in [1.82, 2.24) is 0 Å². The molecule has 1 rings (SSSR count). The Hall–Kier alpha value is 0.628. The van der Waals surface area contributed by atoms with Crippen molar-refractivity contribution < 1.29 is 27.5 Å². The molecule has 0 aromatic rings. The second-order valence-electron chi connectivity index (χ2n) is 11.6. The summed E-state index contributed by atoms with van der Waals surface area (Å²) in [6.07, 6.45) is -2.57. The fourth-order valence-corrected chi connectivity index (χ4v) is 6.95. The highest BCUT2D eigenvalue weighted by Crippen LogP contribution is 2.33. The molecule has 0 amide bonds. The monoisotopic (exact) mass is 468 g/mol. The van der Waals surface area contributed by atoms with Crippen LogP contribution in [0.25, 0.3) is 0 Å². The predicted molar refractivity (Wildman–Crippen MR) is 125 cm³/mol. The predicted octanol–water partition coefficient (Wildman–Crippen LogP) is 4.22. The Bertz CT molecular complexity index is 492. The molecule has 0 saturated carbocycles. The van der Waals surface area contributed by atoms with E-state index in [9.17, 15) is 5.11 Å². The fraction of sp³-hybridized carbons (Fsp3) is 1.00. The molecule has 1 N–H and O–H groups in total. The van der Waals surface area contributed by atoms with Crippen LogP contribution in [0.4, 0.5) is 0 Å². The molecule has 1 saturated heterocycles. The lowest BCUT2D eigenvalue weighted by Gasteiger charge is -2.37. The Labute approximate surface area is 176 Å². The third kappa shape index (κ3) is 10.1. The molecule has 0 unspecified atom stereocenters. The van der Waals surface area contributed by atoms with E-state index in [0.29, 0.717) is 6.61 Å². The first-order valence-electron chi connectivity index (χ1n) is 10.3. The van der Waals surface area contributed by atoms with E-state index in [1.54, 1.807) is 0 Å². The number of hydrogen-bond donors (Lipinski definition) is 1. The van der Waals surface area contributed by atoms with Gasteiger partial charge in [-0.15, -0.1) is 0 Å². The van der Waals surface area contributed by atoms with Crippen LogP contribution in [0.2, 0.25) is 78.6 Å². The summed E-state index contributed by atoms with van der Waals surface area (Å²) in [6.45, 7) is 26.2. The zero-order valence-electron chi connectivity index (χ0n) is 20.1. The SMILES string of the molecule is C[Si](C)(C)OC[C@H](O[Si](C)(C)C)[C@H]1O[C@H](O)[C@H](O[Si](C)(C)C)[C@H]1O[Si](C)(C)C. The lowest BCUT2D eigenvalue weighted by atomic mass is 10.1. The molecular formula is C18H44O6Si4. The highest BCUT2D eigenvalue weighted by atomic mass is 28.4. The summed E-state index contributed by atoms with van der Waals surface area (Å²) in [7, 11) is -7.40. The third-order valence-corrected chi connectivity index (χ3v) is 7.76. The summed E-state index contributed by atoms with van der Waals surface area (Å²) in [5, 5.41) is 10.7. The van der Waals surface area contributed by atoms with Crippen molar-refractivity contribution in [3.63, 3.8) is 0 Å². The Kier molecular flexibility index (Phi) is 8.96. The minimum Gasteiger partial charge on any atom is -0.415 e. The minimum absolute atomic E-state index is 0.287. The molecule has 6 nitrogen and oxygen atoms in total. The zero-order chi connectivity index (χ0) is 22.1. The van der Waals surface area contributed by atoms with Gasteiger partial charge in [-0.1, -0.05) is 0 Å². The van der Waals surface area contributed by atoms with Crippen LogP contribution in [0, 0.1) is 0 Å². The number of aliphatic hydroxyl groups excluding tert-OH is 1. The molecule has 1 heterocycles. The normalized spacial score (nSPS) is 28.6. The van der Waals surface area contributed by atoms with Gasteiger partial charge in [0.25, 0.3) is 0 Å². The maximum atomic E-state index is 10.7. The summed E-state index contributed by atoms with van der Waals surface area (Å²) in [5.41, 5.74) is 0. The summed E-state index contributed by atoms with van der Waals surface area (Å²) < 4.78 is 31.5. The number of hydrogen-bond acceptors (Lipinski definition) is 6. The standard InChI is InChI=1S/C18H44O6Si4/c1-25(2,3)20-13-14(22-26(4,5)6)15-16(23-27(7,8)9)17(18(19)21-15)24-28(10,11)12/h14-19H,13H2,1-12H3/t14-,15+,16-,17+,18-/m0/s1. The van der Waals surface area contributed by atoms with Crippen molar-refractivity contribution in [3.8, 4) is 0 Å². The van der Waals surface area contributed by atoms with E-state index in [1.807, 2.05) is 0 Å². The molecule has 1 aliphatic heterocycles. The maximum Gasteiger partial charge on any atom is 0.184 e. The number of ether oxygens (including phenoxy) is 1. The first-order chi connectivity index (χ1) is 12.3. The van der Waals surface area contributed by atoms with Gasteiger partial charge in [0.15, 0.2) is 39.6 Å². The lowest BCUT2D eigenvalue weighted by molar-refractivity contribution is -0.144. The molecule has 0 aromatic carbocycles. The van der Waals surface area contributed by atoms with Crippen LogP contribution in [0.5, 0.6) is 0 Å². The van der Waals surface area contributed by atoms with Crippen molar-refractivity contribution in [3.05, 3.63) is 0 Å². The summed E-state index contributed by atoms with van der Waals surface area (Å²) in [4.78, 5) is 0. The molecule has 28 heavy (non-hydrogen) atoms. The summed E-state index contributed by atoms with van der Waals surface area (Å²) in [6, 6.07) is 0. The molecule has 0 aliphatic carbocycles. The van der Waals surface area contributed by atoms with E-state index in [2.05, 4.69) is 78.6 Å². The van der Waals surface area contributed by atoms with Gasteiger partial charge >= 0.3 is 0 Å². The fourth-order valence-electron chi connectivity index (χ4n) is 3.02. The van der Waals surface area contributed by atoms with E-state index in [-0.39, 0.29) is 12.2 Å². The van der Waals surface area contributed by atoms with Crippen LogP contribution in [-0.4, -0.2) is 75.7 Å². The smallest absolute Gasteiger partial charge is 0.184 e. The van der Waals surface area contributed by atoms with Gasteiger partial charge in [0.05, 0.1) is 12.7 Å². The van der Waals surface area contributed by atoms with Crippen molar-refractivity contribution in [2.45, 2.75) is 109 Å². The highest BCUT2D eigenvalue weighted by Gasteiger charge is 2.52. The molecular weight excluding hydrogens is 425 g/mol. The Morgan fingerprint density at radius 2 is 1.18 bits per heavy atom. The first kappa shape index (κ1) is 26.7. The molecule has 168 valence electrons. The van der Waals surface area contributed by atoms with Crippen molar-refractivity contribution in [1.29, 1.82) is 0 Å². The van der Waals surface area contributed by atoms with Gasteiger partial charge in [-0.25, -0.2) is 0 Å². The Balaban J connectivity index is 3.18. The molecule has 0 radical (unpaired) electrons. The molecule has 1 aliphatic rings. The first-order valence-corrected chi connectivity index (χ1v) is 23.9. The van der Waals surface area contributed by atoms with Crippen LogP contribution in [0.3, 0.4) is 0 Å². The highest BCUT2D eigenvalue weighted by molar-refractivity contribution is 6.71. The second-order valence-corrected chi connectivity index (χ2v) is 29.5. The lowest BCUT2D eigenvalue weighted by Crippen LogP contribution is -2.53. The van der Waals surface area contributed by atoms with Crippen LogP contribution in [0.15, 0.2) is 0 Å². The average Bonchev–Trinajstić information content (AvgIpc) is 2.66. The van der Waals surface area contributed by atoms with Gasteiger partial charge in [0.1, 0.15) is 18.3 Å². The Morgan fingerprint density at radius 3 is 1.57 bits per heavy atom. The van der Waals surface area contributed by atoms with Gasteiger partial charge in [0, 0.05) is 0 Å². The van der Waals surface area contributed by atoms with E-state index >= 15 is 0 Å². The van der Waals surface area contributed by atoms with Gasteiger partial charge in [-0.3, -0.25) is 0 Å². The molecule has 5 atom stereocenters. The van der Waals surface area contributed by atoms with Crippen molar-refractivity contribution in [2.75, 3.05) is 6.61 Å². The second kappa shape index (κ2) is 9.41.